The van der Waals surface area contributed by atoms with Gasteiger partial charge < -0.3 is 14.5 Å². The monoisotopic (exact) mass is 349 g/mol. The third-order valence-corrected chi connectivity index (χ3v) is 3.96. The van der Waals surface area contributed by atoms with Crippen molar-refractivity contribution in [2.45, 2.75) is 20.5 Å². The van der Waals surface area contributed by atoms with Crippen LogP contribution in [0.3, 0.4) is 0 Å². The van der Waals surface area contributed by atoms with Crippen LogP contribution in [0.4, 0.5) is 5.69 Å². The molecule has 0 aliphatic heterocycles. The largest absolute Gasteiger partial charge is 0.459 e. The van der Waals surface area contributed by atoms with E-state index in [4.69, 9.17) is 9.15 Å². The molecule has 0 aliphatic carbocycles. The third kappa shape index (κ3) is 4.19. The van der Waals surface area contributed by atoms with Crippen molar-refractivity contribution in [2.24, 2.45) is 0 Å². The molecule has 26 heavy (non-hydrogen) atoms. The van der Waals surface area contributed by atoms with Crippen molar-refractivity contribution >= 4 is 17.6 Å². The first-order chi connectivity index (χ1) is 12.5. The Morgan fingerprint density at radius 2 is 1.81 bits per heavy atom. The number of anilines is 1. The van der Waals surface area contributed by atoms with Crippen LogP contribution in [0.1, 0.15) is 37.6 Å². The first-order valence-electron chi connectivity index (χ1n) is 8.21. The van der Waals surface area contributed by atoms with Crippen LogP contribution in [0.2, 0.25) is 0 Å². The summed E-state index contributed by atoms with van der Waals surface area (Å²) in [6.45, 7) is 4.04. The highest BCUT2D eigenvalue weighted by atomic mass is 16.5. The van der Waals surface area contributed by atoms with Crippen molar-refractivity contribution in [1.82, 2.24) is 0 Å². The van der Waals surface area contributed by atoms with Crippen LogP contribution in [0.5, 0.6) is 0 Å². The van der Waals surface area contributed by atoms with Crippen LogP contribution in [-0.4, -0.2) is 11.9 Å². The van der Waals surface area contributed by atoms with Gasteiger partial charge in [-0.15, -0.1) is 0 Å². The molecule has 5 heteroatoms. The molecular weight excluding hydrogens is 330 g/mol. The Morgan fingerprint density at radius 3 is 2.50 bits per heavy atom. The normalized spacial score (nSPS) is 10.4. The average molecular weight is 349 g/mol. The van der Waals surface area contributed by atoms with Gasteiger partial charge in [0.15, 0.2) is 5.76 Å². The second-order valence-corrected chi connectivity index (χ2v) is 6.02. The summed E-state index contributed by atoms with van der Waals surface area (Å²) in [5.41, 5.74) is 3.81. The molecule has 2 aromatic carbocycles. The van der Waals surface area contributed by atoms with E-state index in [2.05, 4.69) is 5.32 Å². The van der Waals surface area contributed by atoms with Gasteiger partial charge in [-0.2, -0.15) is 0 Å². The summed E-state index contributed by atoms with van der Waals surface area (Å²) in [5, 5.41) is 2.75. The van der Waals surface area contributed by atoms with E-state index >= 15 is 0 Å². The Bertz CT molecular complexity index is 912. The quantitative estimate of drug-likeness (QED) is 0.688. The molecule has 1 N–H and O–H groups in total. The van der Waals surface area contributed by atoms with Crippen LogP contribution in [0.25, 0.3) is 0 Å². The summed E-state index contributed by atoms with van der Waals surface area (Å²) in [6, 6.07) is 16.0. The minimum atomic E-state index is -0.445. The number of hydrogen-bond acceptors (Lipinski definition) is 4. The number of benzene rings is 2. The van der Waals surface area contributed by atoms with Crippen molar-refractivity contribution in [1.29, 1.82) is 0 Å². The number of rotatable bonds is 5. The maximum atomic E-state index is 12.3. The van der Waals surface area contributed by atoms with Crippen molar-refractivity contribution in [2.75, 3.05) is 5.32 Å². The maximum absolute atomic E-state index is 12.3. The van der Waals surface area contributed by atoms with E-state index in [1.54, 1.807) is 30.3 Å². The van der Waals surface area contributed by atoms with Gasteiger partial charge in [-0.25, -0.2) is 4.79 Å². The highest BCUT2D eigenvalue weighted by Crippen LogP contribution is 2.19. The molecule has 132 valence electrons. The van der Waals surface area contributed by atoms with Crippen LogP contribution in [-0.2, 0) is 11.3 Å². The number of carbonyl (C=O) groups excluding carboxylic acids is 2. The van der Waals surface area contributed by atoms with Crippen molar-refractivity contribution in [3.8, 4) is 0 Å². The lowest BCUT2D eigenvalue weighted by Crippen LogP contribution is -2.13. The van der Waals surface area contributed by atoms with Gasteiger partial charge in [0.05, 0.1) is 11.8 Å². The fourth-order valence-corrected chi connectivity index (χ4v) is 2.39. The minimum Gasteiger partial charge on any atom is -0.459 e. The average Bonchev–Trinajstić information content (AvgIpc) is 3.17. The van der Waals surface area contributed by atoms with Gasteiger partial charge in [0, 0.05) is 5.69 Å². The van der Waals surface area contributed by atoms with Crippen molar-refractivity contribution < 1.29 is 18.7 Å². The molecule has 5 nitrogen and oxygen atoms in total. The van der Waals surface area contributed by atoms with E-state index in [1.807, 2.05) is 38.1 Å². The lowest BCUT2D eigenvalue weighted by molar-refractivity contribution is 0.0472. The van der Waals surface area contributed by atoms with Crippen LogP contribution >= 0.6 is 0 Å². The second kappa shape index (κ2) is 7.70. The zero-order valence-electron chi connectivity index (χ0n) is 14.6. The Kier molecular flexibility index (Phi) is 5.17. The number of nitrogens with one attached hydrogen (secondary N) is 1. The second-order valence-electron chi connectivity index (χ2n) is 6.02. The van der Waals surface area contributed by atoms with Gasteiger partial charge in [0.1, 0.15) is 6.61 Å². The molecule has 0 fully saturated rings. The molecule has 0 radical (unpaired) electrons. The van der Waals surface area contributed by atoms with Crippen LogP contribution in [0, 0.1) is 13.8 Å². The van der Waals surface area contributed by atoms with Gasteiger partial charge in [-0.3, -0.25) is 4.79 Å². The molecule has 0 spiro atoms. The molecule has 3 rings (SSSR count). The van der Waals surface area contributed by atoms with E-state index in [9.17, 15) is 9.59 Å². The third-order valence-electron chi connectivity index (χ3n) is 3.96. The van der Waals surface area contributed by atoms with E-state index in [1.165, 1.54) is 6.26 Å². The van der Waals surface area contributed by atoms with Gasteiger partial charge in [0.25, 0.3) is 5.91 Å². The molecule has 0 aliphatic rings. The fourth-order valence-electron chi connectivity index (χ4n) is 2.39. The topological polar surface area (TPSA) is 68.5 Å². The summed E-state index contributed by atoms with van der Waals surface area (Å²) in [6.07, 6.45) is 1.43. The van der Waals surface area contributed by atoms with Gasteiger partial charge >= 0.3 is 5.97 Å². The highest BCUT2D eigenvalue weighted by Gasteiger charge is 2.14. The molecule has 1 amide bonds. The summed E-state index contributed by atoms with van der Waals surface area (Å²) >= 11 is 0. The van der Waals surface area contributed by atoms with E-state index in [0.717, 1.165) is 16.7 Å². The Balaban J connectivity index is 1.68. The number of hydrogen-bond donors (Lipinski definition) is 1. The fraction of sp³-hybridized carbons (Fsp3) is 0.143. The van der Waals surface area contributed by atoms with Gasteiger partial charge in [-0.05, 0) is 49.2 Å². The zero-order valence-corrected chi connectivity index (χ0v) is 14.6. The summed E-state index contributed by atoms with van der Waals surface area (Å²) in [5.74, 6) is -0.612. The molecule has 0 saturated heterocycles. The maximum Gasteiger partial charge on any atom is 0.338 e. The molecule has 1 aromatic heterocycles. The van der Waals surface area contributed by atoms with Gasteiger partial charge in [-0.1, -0.05) is 35.9 Å². The first-order valence-corrected chi connectivity index (χ1v) is 8.21. The summed E-state index contributed by atoms with van der Waals surface area (Å²) in [4.78, 5) is 24.4. The van der Waals surface area contributed by atoms with Crippen LogP contribution < -0.4 is 5.32 Å². The molecule has 3 aromatic rings. The van der Waals surface area contributed by atoms with E-state index < -0.39 is 5.97 Å². The number of ether oxygens (including phenoxy) is 1. The molecule has 1 heterocycles. The van der Waals surface area contributed by atoms with Gasteiger partial charge in [0.2, 0.25) is 0 Å². The Labute approximate surface area is 151 Å². The van der Waals surface area contributed by atoms with E-state index in [-0.39, 0.29) is 18.3 Å². The summed E-state index contributed by atoms with van der Waals surface area (Å²) < 4.78 is 10.4. The van der Waals surface area contributed by atoms with Crippen molar-refractivity contribution in [3.63, 3.8) is 0 Å². The number of esters is 1. The molecule has 0 atom stereocenters. The first kappa shape index (κ1) is 17.5. The lowest BCUT2D eigenvalue weighted by Gasteiger charge is -2.10. The smallest absolute Gasteiger partial charge is 0.338 e. The zero-order chi connectivity index (χ0) is 18.5. The lowest BCUT2D eigenvalue weighted by atomic mass is 10.1. The number of furan rings is 1. The standard InChI is InChI=1S/C21H19NO4/c1-14-5-8-16(9-6-14)13-26-21(24)17-10-7-15(2)18(12-17)22-20(23)19-4-3-11-25-19/h3-12H,13H2,1-2H3,(H,22,23). The minimum absolute atomic E-state index is 0.196. The Hall–Kier alpha value is -3.34. The molecule has 0 unspecified atom stereocenters. The molecule has 0 bridgehead atoms. The predicted octanol–water partition coefficient (Wildman–Crippen LogP) is 4.51. The van der Waals surface area contributed by atoms with E-state index in [0.29, 0.717) is 11.3 Å². The predicted molar refractivity (Wildman–Crippen MR) is 98.1 cm³/mol. The molecular formula is C21H19NO4. The van der Waals surface area contributed by atoms with Crippen LogP contribution in [0.15, 0.2) is 65.3 Å². The highest BCUT2D eigenvalue weighted by molar-refractivity contribution is 6.03. The number of amides is 1. The Morgan fingerprint density at radius 1 is 1.04 bits per heavy atom. The molecule has 0 saturated carbocycles. The SMILES string of the molecule is Cc1ccc(COC(=O)c2ccc(C)c(NC(=O)c3ccco3)c2)cc1. The van der Waals surface area contributed by atoms with Crippen molar-refractivity contribution in [3.05, 3.63) is 88.9 Å². The number of aryl methyl sites for hydroxylation is 2. The number of carbonyl (C=O) groups is 2. The summed E-state index contributed by atoms with van der Waals surface area (Å²) in [7, 11) is 0.